The van der Waals surface area contributed by atoms with Gasteiger partial charge in [0.05, 0.1) is 19.6 Å². The molecular formula is C29H52N2O8. The number of carbonyl (C=O) groups excluding carboxylic acids is 4. The van der Waals surface area contributed by atoms with E-state index in [0.29, 0.717) is 0 Å². The lowest BCUT2D eigenvalue weighted by Gasteiger charge is -2.34. The summed E-state index contributed by atoms with van der Waals surface area (Å²) in [6.07, 6.45) is 1.80. The van der Waals surface area contributed by atoms with E-state index in [1.807, 2.05) is 0 Å². The molecule has 0 aromatic rings. The zero-order valence-electron chi connectivity index (χ0n) is 26.3. The average molecular weight is 557 g/mol. The van der Waals surface area contributed by atoms with Gasteiger partial charge in [-0.05, 0) is 89.5 Å². The van der Waals surface area contributed by atoms with Gasteiger partial charge in [-0.2, -0.15) is 0 Å². The van der Waals surface area contributed by atoms with E-state index in [1.165, 1.54) is 0 Å². The van der Waals surface area contributed by atoms with E-state index in [0.717, 1.165) is 0 Å². The van der Waals surface area contributed by atoms with E-state index in [1.54, 1.807) is 99.0 Å². The molecule has 0 saturated carbocycles. The van der Waals surface area contributed by atoms with Crippen LogP contribution in [0.4, 0.5) is 0 Å². The highest BCUT2D eigenvalue weighted by molar-refractivity contribution is 5.78. The summed E-state index contributed by atoms with van der Waals surface area (Å²) in [5.74, 6) is -2.07. The Kier molecular flexibility index (Phi) is 13.9. The molecule has 0 aliphatic carbocycles. The molecule has 0 spiro atoms. The van der Waals surface area contributed by atoms with Crippen molar-refractivity contribution in [2.45, 2.75) is 118 Å². The number of nitrogens with zero attached hydrogens (tertiary/aromatic N) is 2. The average Bonchev–Trinajstić information content (AvgIpc) is 2.63. The predicted molar refractivity (Wildman–Crippen MR) is 150 cm³/mol. The van der Waals surface area contributed by atoms with E-state index in [9.17, 15) is 19.2 Å². The first kappa shape index (κ1) is 36.5. The van der Waals surface area contributed by atoms with Gasteiger partial charge in [0.25, 0.3) is 0 Å². The minimum absolute atomic E-state index is 0.141. The Bertz CT molecular complexity index is 811. The third-order valence-electron chi connectivity index (χ3n) is 4.51. The number of hydrogen-bond acceptors (Lipinski definition) is 10. The second-order valence-corrected chi connectivity index (χ2v) is 13.5. The van der Waals surface area contributed by atoms with Crippen molar-refractivity contribution >= 4 is 23.9 Å². The fourth-order valence-electron chi connectivity index (χ4n) is 3.40. The highest BCUT2D eigenvalue weighted by Gasteiger charge is 2.33. The van der Waals surface area contributed by atoms with Crippen molar-refractivity contribution in [1.82, 2.24) is 9.80 Å². The van der Waals surface area contributed by atoms with Crippen LogP contribution in [0.1, 0.15) is 89.5 Å². The van der Waals surface area contributed by atoms with Crippen molar-refractivity contribution in [2.24, 2.45) is 0 Å². The second kappa shape index (κ2) is 14.8. The smallest absolute Gasteiger partial charge is 0.324 e. The van der Waals surface area contributed by atoms with Gasteiger partial charge in [0, 0.05) is 13.1 Å². The van der Waals surface area contributed by atoms with Crippen LogP contribution in [0.15, 0.2) is 12.7 Å². The highest BCUT2D eigenvalue weighted by atomic mass is 16.6. The fourth-order valence-corrected chi connectivity index (χ4v) is 3.40. The Labute approximate surface area is 235 Å². The van der Waals surface area contributed by atoms with Crippen LogP contribution < -0.4 is 0 Å². The van der Waals surface area contributed by atoms with Crippen LogP contribution in [0.2, 0.25) is 0 Å². The van der Waals surface area contributed by atoms with Gasteiger partial charge in [0.2, 0.25) is 0 Å². The van der Waals surface area contributed by atoms with Gasteiger partial charge >= 0.3 is 23.9 Å². The van der Waals surface area contributed by atoms with Crippen molar-refractivity contribution in [3.05, 3.63) is 12.7 Å². The molecule has 0 bridgehead atoms. The van der Waals surface area contributed by atoms with E-state index in [-0.39, 0.29) is 39.1 Å². The summed E-state index contributed by atoms with van der Waals surface area (Å²) in [5.41, 5.74) is -2.87. The lowest BCUT2D eigenvalue weighted by Crippen LogP contribution is -2.51. The fraction of sp³-hybridized carbons (Fsp3) is 0.793. The topological polar surface area (TPSA) is 112 Å². The van der Waals surface area contributed by atoms with Crippen LogP contribution in [0.3, 0.4) is 0 Å². The van der Waals surface area contributed by atoms with E-state index in [2.05, 4.69) is 6.58 Å². The molecule has 0 N–H and O–H groups in total. The monoisotopic (exact) mass is 556 g/mol. The van der Waals surface area contributed by atoms with Crippen LogP contribution in [0, 0.1) is 0 Å². The summed E-state index contributed by atoms with van der Waals surface area (Å²) in [6, 6.07) is -0.834. The molecule has 0 aliphatic heterocycles. The number of ether oxygens (including phenoxy) is 4. The van der Waals surface area contributed by atoms with Gasteiger partial charge < -0.3 is 18.9 Å². The molecule has 0 aromatic carbocycles. The maximum absolute atomic E-state index is 13.1. The van der Waals surface area contributed by atoms with Gasteiger partial charge in [-0.1, -0.05) is 6.08 Å². The maximum atomic E-state index is 13.1. The molecule has 10 heteroatoms. The van der Waals surface area contributed by atoms with Crippen molar-refractivity contribution in [3.8, 4) is 0 Å². The Morgan fingerprint density at radius 2 is 0.974 bits per heavy atom. The van der Waals surface area contributed by atoms with Crippen molar-refractivity contribution in [2.75, 3.05) is 32.7 Å². The maximum Gasteiger partial charge on any atom is 0.324 e. The quantitative estimate of drug-likeness (QED) is 0.188. The molecule has 0 aliphatic rings. The zero-order chi connectivity index (χ0) is 30.8. The molecule has 39 heavy (non-hydrogen) atoms. The minimum Gasteiger partial charge on any atom is -0.459 e. The zero-order valence-corrected chi connectivity index (χ0v) is 26.3. The summed E-state index contributed by atoms with van der Waals surface area (Å²) in [7, 11) is 0. The SMILES string of the molecule is C=CCC(C(=O)OC(C)(C)C)N(CCN(CC(=O)OC(C)(C)C)CC(=O)OC(C)(C)C)CC(=O)OC(C)(C)C. The first-order valence-electron chi connectivity index (χ1n) is 13.4. The molecule has 0 aromatic heterocycles. The highest BCUT2D eigenvalue weighted by Crippen LogP contribution is 2.17. The van der Waals surface area contributed by atoms with Crippen molar-refractivity contribution < 1.29 is 38.1 Å². The normalized spacial score (nSPS) is 13.6. The van der Waals surface area contributed by atoms with E-state index in [4.69, 9.17) is 18.9 Å². The predicted octanol–water partition coefficient (Wildman–Crippen LogP) is 3.90. The molecule has 1 unspecified atom stereocenters. The molecule has 1 atom stereocenters. The molecule has 226 valence electrons. The van der Waals surface area contributed by atoms with Gasteiger partial charge in [-0.25, -0.2) is 0 Å². The Hall–Kier alpha value is -2.46. The van der Waals surface area contributed by atoms with Gasteiger partial charge in [0.1, 0.15) is 28.4 Å². The molecule has 0 fully saturated rings. The first-order chi connectivity index (χ1) is 17.4. The van der Waals surface area contributed by atoms with Crippen LogP contribution in [-0.2, 0) is 38.1 Å². The van der Waals surface area contributed by atoms with Crippen LogP contribution >= 0.6 is 0 Å². The molecule has 0 rings (SSSR count). The molecule has 0 saturated heterocycles. The standard InChI is InChI=1S/C29H52N2O8/c1-14-15-21(25(35)39-29(11,12)13)31(20-24(34)38-28(8,9)10)17-16-30(18-22(32)36-26(2,3)4)19-23(33)37-27(5,6)7/h14,21H,1,15-20H2,2-13H3. The van der Waals surface area contributed by atoms with Gasteiger partial charge in [-0.3, -0.25) is 29.0 Å². The Balaban J connectivity index is 6.05. The van der Waals surface area contributed by atoms with Crippen molar-refractivity contribution in [1.29, 1.82) is 0 Å². The number of esters is 4. The largest absolute Gasteiger partial charge is 0.459 e. The van der Waals surface area contributed by atoms with Crippen LogP contribution in [0.5, 0.6) is 0 Å². The Morgan fingerprint density at radius 1 is 0.615 bits per heavy atom. The third-order valence-corrected chi connectivity index (χ3v) is 4.51. The summed E-state index contributed by atoms with van der Waals surface area (Å²) in [5, 5.41) is 0. The number of carbonyl (C=O) groups is 4. The lowest BCUT2D eigenvalue weighted by atomic mass is 10.1. The molecule has 0 amide bonds. The van der Waals surface area contributed by atoms with Crippen LogP contribution in [0.25, 0.3) is 0 Å². The number of rotatable bonds is 13. The molecule has 0 radical (unpaired) electrons. The molecule has 0 heterocycles. The Morgan fingerprint density at radius 3 is 1.31 bits per heavy atom. The minimum atomic E-state index is -0.834. The number of hydrogen-bond donors (Lipinski definition) is 0. The first-order valence-corrected chi connectivity index (χ1v) is 13.4. The second-order valence-electron chi connectivity index (χ2n) is 13.5. The molecular weight excluding hydrogens is 504 g/mol. The van der Waals surface area contributed by atoms with Crippen LogP contribution in [-0.4, -0.2) is 94.8 Å². The molecule has 10 nitrogen and oxygen atoms in total. The van der Waals surface area contributed by atoms with Crippen molar-refractivity contribution in [3.63, 3.8) is 0 Å². The lowest BCUT2D eigenvalue weighted by molar-refractivity contribution is -0.167. The summed E-state index contributed by atoms with van der Waals surface area (Å²) < 4.78 is 22.0. The summed E-state index contributed by atoms with van der Waals surface area (Å²) >= 11 is 0. The summed E-state index contributed by atoms with van der Waals surface area (Å²) in [6.45, 7) is 24.6. The van der Waals surface area contributed by atoms with E-state index >= 15 is 0 Å². The van der Waals surface area contributed by atoms with E-state index < -0.39 is 52.3 Å². The third kappa shape index (κ3) is 19.3. The van der Waals surface area contributed by atoms with Gasteiger partial charge in [0.15, 0.2) is 0 Å². The summed E-state index contributed by atoms with van der Waals surface area (Å²) in [4.78, 5) is 54.4. The van der Waals surface area contributed by atoms with Gasteiger partial charge in [-0.15, -0.1) is 6.58 Å².